The van der Waals surface area contributed by atoms with Gasteiger partial charge < -0.3 is 5.32 Å². The second kappa shape index (κ2) is 6.26. The topological polar surface area (TPSA) is 107 Å². The van der Waals surface area contributed by atoms with Gasteiger partial charge in [0.05, 0.1) is 11.3 Å². The molecule has 9 heteroatoms. The Hall–Kier alpha value is -3.56. The minimum atomic E-state index is -5.15. The molecule has 0 unspecified atom stereocenters. The lowest BCUT2D eigenvalue weighted by molar-refractivity contribution is -0.139. The van der Waals surface area contributed by atoms with Crippen LogP contribution >= 0.6 is 0 Å². The van der Waals surface area contributed by atoms with Crippen LogP contribution < -0.4 is 5.32 Å². The zero-order valence-electron chi connectivity index (χ0n) is 10.5. The number of nitriles is 4. The quantitative estimate of drug-likeness (QED) is 0.667. The van der Waals surface area contributed by atoms with E-state index in [1.807, 2.05) is 5.32 Å². The lowest BCUT2D eigenvalue weighted by Crippen LogP contribution is -2.15. The first kappa shape index (κ1) is 16.5. The maximum atomic E-state index is 13.5. The summed E-state index contributed by atoms with van der Waals surface area (Å²) >= 11 is 0. The SMILES string of the molecule is N#CC(C#N)=C(C#N)Nc1c(C#N)ccc(F)c1C(F)(F)F. The molecule has 1 N–H and O–H groups in total. The normalized spacial score (nSPS) is 9.64. The van der Waals surface area contributed by atoms with Crippen molar-refractivity contribution < 1.29 is 17.6 Å². The van der Waals surface area contributed by atoms with Crippen molar-refractivity contribution in [1.82, 2.24) is 0 Å². The molecule has 0 radical (unpaired) electrons. The van der Waals surface area contributed by atoms with Gasteiger partial charge in [0.2, 0.25) is 0 Å². The molecule has 0 aliphatic heterocycles. The summed E-state index contributed by atoms with van der Waals surface area (Å²) in [6.07, 6.45) is -5.15. The van der Waals surface area contributed by atoms with Gasteiger partial charge in [-0.05, 0) is 12.1 Å². The van der Waals surface area contributed by atoms with Crippen molar-refractivity contribution in [1.29, 1.82) is 21.0 Å². The average molecular weight is 305 g/mol. The second-order valence-electron chi connectivity index (χ2n) is 3.66. The number of benzene rings is 1. The van der Waals surface area contributed by atoms with Gasteiger partial charge in [0.25, 0.3) is 0 Å². The predicted molar refractivity (Wildman–Crippen MR) is 63.6 cm³/mol. The average Bonchev–Trinajstić information content (AvgIpc) is 2.46. The molecule has 0 aromatic heterocycles. The molecule has 0 aliphatic carbocycles. The van der Waals surface area contributed by atoms with Crippen molar-refractivity contribution in [3.05, 3.63) is 40.3 Å². The zero-order valence-corrected chi connectivity index (χ0v) is 10.5. The Kier molecular flexibility index (Phi) is 4.69. The van der Waals surface area contributed by atoms with Gasteiger partial charge in [0.1, 0.15) is 41.4 Å². The van der Waals surface area contributed by atoms with Crippen molar-refractivity contribution in [2.45, 2.75) is 6.18 Å². The minimum absolute atomic E-state index is 0.456. The third-order valence-electron chi connectivity index (χ3n) is 2.39. The van der Waals surface area contributed by atoms with Gasteiger partial charge >= 0.3 is 6.18 Å². The lowest BCUT2D eigenvalue weighted by Gasteiger charge is -2.16. The van der Waals surface area contributed by atoms with E-state index in [-0.39, 0.29) is 0 Å². The third kappa shape index (κ3) is 3.12. The molecule has 0 fully saturated rings. The van der Waals surface area contributed by atoms with Crippen LogP contribution in [0.25, 0.3) is 0 Å². The standard InChI is InChI=1S/C13H3F4N5/c14-9-2-1-7(3-18)12(11(9)13(15,16)17)22-10(6-21)8(4-19)5-20/h1-2,22H. The Morgan fingerprint density at radius 2 is 1.59 bits per heavy atom. The maximum absolute atomic E-state index is 13.5. The van der Waals surface area contributed by atoms with Crippen molar-refractivity contribution in [2.75, 3.05) is 5.32 Å². The molecule has 0 saturated heterocycles. The summed E-state index contributed by atoms with van der Waals surface area (Å²) in [5.41, 5.74) is -5.05. The number of alkyl halides is 3. The van der Waals surface area contributed by atoms with Crippen molar-refractivity contribution in [3.63, 3.8) is 0 Å². The molecule has 0 aliphatic rings. The van der Waals surface area contributed by atoms with Gasteiger partial charge in [-0.25, -0.2) is 4.39 Å². The largest absolute Gasteiger partial charge is 0.421 e. The molecule has 0 amide bonds. The van der Waals surface area contributed by atoms with Gasteiger partial charge in [0.15, 0.2) is 5.57 Å². The molecule has 0 spiro atoms. The summed E-state index contributed by atoms with van der Waals surface area (Å²) in [4.78, 5) is 0. The van der Waals surface area contributed by atoms with Gasteiger partial charge in [-0.3, -0.25) is 0 Å². The van der Waals surface area contributed by atoms with E-state index in [0.717, 1.165) is 6.07 Å². The molecule has 108 valence electrons. The first-order valence-electron chi connectivity index (χ1n) is 5.31. The Morgan fingerprint density at radius 1 is 1.00 bits per heavy atom. The number of halogens is 4. The fourth-order valence-electron chi connectivity index (χ4n) is 1.49. The van der Waals surface area contributed by atoms with E-state index >= 15 is 0 Å². The zero-order chi connectivity index (χ0) is 16.9. The molecule has 1 aromatic rings. The van der Waals surface area contributed by atoms with Crippen LogP contribution in [0.15, 0.2) is 23.4 Å². The fourth-order valence-corrected chi connectivity index (χ4v) is 1.49. The van der Waals surface area contributed by atoms with Crippen LogP contribution in [0, 0.1) is 51.1 Å². The Labute approximate surface area is 121 Å². The summed E-state index contributed by atoms with van der Waals surface area (Å²) in [5.74, 6) is -1.67. The maximum Gasteiger partial charge on any atom is 0.421 e. The summed E-state index contributed by atoms with van der Waals surface area (Å²) in [7, 11) is 0. The number of allylic oxidation sites excluding steroid dienone is 2. The number of anilines is 1. The molecule has 1 aromatic carbocycles. The molecule has 1 rings (SSSR count). The number of hydrogen-bond donors (Lipinski definition) is 1. The van der Waals surface area contributed by atoms with E-state index in [2.05, 4.69) is 0 Å². The van der Waals surface area contributed by atoms with Crippen LogP contribution in [0.1, 0.15) is 11.1 Å². The van der Waals surface area contributed by atoms with E-state index < -0.39 is 40.1 Å². The van der Waals surface area contributed by atoms with Crippen LogP contribution in [-0.2, 0) is 6.18 Å². The van der Waals surface area contributed by atoms with Crippen molar-refractivity contribution in [3.8, 4) is 24.3 Å². The smallest absolute Gasteiger partial charge is 0.343 e. The lowest BCUT2D eigenvalue weighted by atomic mass is 10.1. The number of nitrogens with one attached hydrogen (secondary N) is 1. The van der Waals surface area contributed by atoms with Crippen molar-refractivity contribution in [2.24, 2.45) is 0 Å². The Morgan fingerprint density at radius 3 is 2.00 bits per heavy atom. The van der Waals surface area contributed by atoms with E-state index in [0.29, 0.717) is 6.07 Å². The number of rotatable bonds is 2. The Bertz CT molecular complexity index is 794. The number of hydrogen-bond acceptors (Lipinski definition) is 5. The van der Waals surface area contributed by atoms with Crippen LogP contribution in [0.4, 0.5) is 23.2 Å². The highest BCUT2D eigenvalue weighted by molar-refractivity contribution is 5.69. The van der Waals surface area contributed by atoms with Gasteiger partial charge in [-0.15, -0.1) is 0 Å². The van der Waals surface area contributed by atoms with E-state index in [4.69, 9.17) is 21.0 Å². The van der Waals surface area contributed by atoms with E-state index in [1.165, 1.54) is 24.3 Å². The summed E-state index contributed by atoms with van der Waals surface area (Å²) in [6, 6.07) is 6.59. The molecule has 0 atom stereocenters. The monoisotopic (exact) mass is 305 g/mol. The first-order valence-corrected chi connectivity index (χ1v) is 5.31. The van der Waals surface area contributed by atoms with E-state index in [9.17, 15) is 17.6 Å². The molecule has 22 heavy (non-hydrogen) atoms. The second-order valence-corrected chi connectivity index (χ2v) is 3.66. The third-order valence-corrected chi connectivity index (χ3v) is 2.39. The fraction of sp³-hybridized carbons (Fsp3) is 0.0769. The van der Waals surface area contributed by atoms with E-state index in [1.54, 1.807) is 0 Å². The van der Waals surface area contributed by atoms with Crippen LogP contribution in [0.2, 0.25) is 0 Å². The first-order chi connectivity index (χ1) is 10.3. The molecular weight excluding hydrogens is 302 g/mol. The van der Waals surface area contributed by atoms with Gasteiger partial charge in [0, 0.05) is 0 Å². The summed E-state index contributed by atoms with van der Waals surface area (Å²) in [6.45, 7) is 0. The minimum Gasteiger partial charge on any atom is -0.343 e. The highest BCUT2D eigenvalue weighted by atomic mass is 19.4. The number of nitrogens with zero attached hydrogens (tertiary/aromatic N) is 4. The van der Waals surface area contributed by atoms with Gasteiger partial charge in [-0.1, -0.05) is 0 Å². The Balaban J connectivity index is 3.69. The predicted octanol–water partition coefficient (Wildman–Crippen LogP) is 2.95. The highest BCUT2D eigenvalue weighted by Crippen LogP contribution is 2.39. The molecule has 0 heterocycles. The van der Waals surface area contributed by atoms with Crippen molar-refractivity contribution >= 4 is 5.69 Å². The molecular formula is C13H3F4N5. The van der Waals surface area contributed by atoms with Gasteiger partial charge in [-0.2, -0.15) is 34.2 Å². The van der Waals surface area contributed by atoms with Crippen LogP contribution in [0.3, 0.4) is 0 Å². The molecule has 0 bridgehead atoms. The van der Waals surface area contributed by atoms with Crippen LogP contribution in [-0.4, -0.2) is 0 Å². The van der Waals surface area contributed by atoms with Crippen LogP contribution in [0.5, 0.6) is 0 Å². The molecule has 0 saturated carbocycles. The highest BCUT2D eigenvalue weighted by Gasteiger charge is 2.38. The molecule has 5 nitrogen and oxygen atoms in total. The summed E-state index contributed by atoms with van der Waals surface area (Å²) in [5, 5.41) is 36.8. The summed E-state index contributed by atoms with van der Waals surface area (Å²) < 4.78 is 52.3.